The Bertz CT molecular complexity index is 368. The fourth-order valence-electron chi connectivity index (χ4n) is 2.07. The molecule has 1 aromatic rings. The van der Waals surface area contributed by atoms with Crippen LogP contribution in [0.2, 0.25) is 5.02 Å². The Morgan fingerprint density at radius 1 is 1.26 bits per heavy atom. The van der Waals surface area contributed by atoms with Crippen LogP contribution in [0, 0.1) is 5.92 Å². The fourth-order valence-corrected chi connectivity index (χ4v) is 2.35. The van der Waals surface area contributed by atoms with Crippen LogP contribution < -0.4 is 10.1 Å². The first-order valence-corrected chi connectivity index (χ1v) is 7.58. The third kappa shape index (κ3) is 6.31. The van der Waals surface area contributed by atoms with Gasteiger partial charge in [-0.05, 0) is 62.4 Å². The van der Waals surface area contributed by atoms with E-state index >= 15 is 0 Å². The number of ether oxygens (including phenoxy) is 1. The van der Waals surface area contributed by atoms with Crippen molar-refractivity contribution < 1.29 is 4.74 Å². The van der Waals surface area contributed by atoms with Crippen molar-refractivity contribution in [3.05, 3.63) is 28.8 Å². The summed E-state index contributed by atoms with van der Waals surface area (Å²) >= 11 is 6.13. The van der Waals surface area contributed by atoms with E-state index < -0.39 is 0 Å². The number of hydrogen-bond acceptors (Lipinski definition) is 2. The van der Waals surface area contributed by atoms with Crippen molar-refractivity contribution in [1.82, 2.24) is 5.32 Å². The van der Waals surface area contributed by atoms with Crippen molar-refractivity contribution in [3.63, 3.8) is 0 Å². The molecule has 1 N–H and O–H groups in total. The first-order valence-electron chi connectivity index (χ1n) is 7.20. The minimum atomic E-state index is 0.706. The van der Waals surface area contributed by atoms with Gasteiger partial charge in [0.05, 0.1) is 12.1 Å². The summed E-state index contributed by atoms with van der Waals surface area (Å²) in [4.78, 5) is 0. The zero-order chi connectivity index (χ0) is 14.1. The molecule has 1 rings (SSSR count). The largest absolute Gasteiger partial charge is 0.495 e. The molecule has 108 valence electrons. The second-order valence-corrected chi connectivity index (χ2v) is 5.56. The molecule has 0 bridgehead atoms. The summed E-state index contributed by atoms with van der Waals surface area (Å²) in [7, 11) is 1.65. The SMILES string of the molecule is CCCNCCC(C)CCc1ccc(OC)c(Cl)c1. The van der Waals surface area contributed by atoms with Crippen LogP contribution in [0.5, 0.6) is 5.75 Å². The summed E-state index contributed by atoms with van der Waals surface area (Å²) in [6.45, 7) is 6.77. The van der Waals surface area contributed by atoms with Crippen molar-refractivity contribution in [3.8, 4) is 5.75 Å². The zero-order valence-corrected chi connectivity index (χ0v) is 13.1. The normalized spacial score (nSPS) is 12.4. The molecule has 0 heterocycles. The van der Waals surface area contributed by atoms with Crippen LogP contribution in [-0.4, -0.2) is 20.2 Å². The Morgan fingerprint density at radius 2 is 2.05 bits per heavy atom. The summed E-state index contributed by atoms with van der Waals surface area (Å²) in [5, 5.41) is 4.16. The van der Waals surface area contributed by atoms with E-state index in [1.165, 1.54) is 24.8 Å². The molecule has 0 aromatic heterocycles. The molecule has 0 radical (unpaired) electrons. The molecule has 0 aliphatic carbocycles. The maximum atomic E-state index is 6.13. The average Bonchev–Trinajstić information content (AvgIpc) is 2.41. The zero-order valence-electron chi connectivity index (χ0n) is 12.3. The highest BCUT2D eigenvalue weighted by Gasteiger charge is 2.05. The van der Waals surface area contributed by atoms with Crippen LogP contribution in [0.15, 0.2) is 18.2 Å². The summed E-state index contributed by atoms with van der Waals surface area (Å²) < 4.78 is 5.16. The van der Waals surface area contributed by atoms with Crippen molar-refractivity contribution in [2.24, 2.45) is 5.92 Å². The van der Waals surface area contributed by atoms with Crippen LogP contribution in [0.4, 0.5) is 0 Å². The Hall–Kier alpha value is -0.730. The van der Waals surface area contributed by atoms with Crippen molar-refractivity contribution in [2.75, 3.05) is 20.2 Å². The van der Waals surface area contributed by atoms with Gasteiger partial charge in [-0.25, -0.2) is 0 Å². The molecule has 0 saturated heterocycles. The molecule has 3 heteroatoms. The van der Waals surface area contributed by atoms with Crippen LogP contribution >= 0.6 is 11.6 Å². The maximum Gasteiger partial charge on any atom is 0.137 e. The Morgan fingerprint density at radius 3 is 2.68 bits per heavy atom. The number of hydrogen-bond donors (Lipinski definition) is 1. The number of rotatable bonds is 9. The molecule has 1 unspecified atom stereocenters. The lowest BCUT2D eigenvalue weighted by Crippen LogP contribution is -2.18. The van der Waals surface area contributed by atoms with Gasteiger partial charge in [-0.1, -0.05) is 31.5 Å². The monoisotopic (exact) mass is 283 g/mol. The Kier molecular flexibility index (Phi) is 7.92. The third-order valence-electron chi connectivity index (χ3n) is 3.38. The van der Waals surface area contributed by atoms with Gasteiger partial charge >= 0.3 is 0 Å². The molecule has 0 spiro atoms. The van der Waals surface area contributed by atoms with E-state index in [1.807, 2.05) is 12.1 Å². The standard InChI is InChI=1S/C16H26ClNO/c1-4-10-18-11-9-13(2)5-6-14-7-8-16(19-3)15(17)12-14/h7-8,12-13,18H,4-6,9-11H2,1-3H3. The molecule has 0 fully saturated rings. The predicted molar refractivity (Wildman–Crippen MR) is 83.3 cm³/mol. The van der Waals surface area contributed by atoms with Gasteiger partial charge < -0.3 is 10.1 Å². The van der Waals surface area contributed by atoms with E-state index in [0.717, 1.165) is 31.2 Å². The summed E-state index contributed by atoms with van der Waals surface area (Å²) in [6.07, 6.45) is 4.73. The molecule has 0 amide bonds. The Balaban J connectivity index is 2.29. The molecule has 0 aliphatic rings. The van der Waals surface area contributed by atoms with E-state index in [1.54, 1.807) is 7.11 Å². The summed E-state index contributed by atoms with van der Waals surface area (Å²) in [5.74, 6) is 1.49. The molecule has 0 saturated carbocycles. The van der Waals surface area contributed by atoms with Gasteiger partial charge in [0.2, 0.25) is 0 Å². The lowest BCUT2D eigenvalue weighted by atomic mass is 9.98. The van der Waals surface area contributed by atoms with Gasteiger partial charge in [0.25, 0.3) is 0 Å². The van der Waals surface area contributed by atoms with Gasteiger partial charge in [0.1, 0.15) is 5.75 Å². The molecule has 1 atom stereocenters. The van der Waals surface area contributed by atoms with E-state index in [0.29, 0.717) is 5.02 Å². The number of benzene rings is 1. The summed E-state index contributed by atoms with van der Waals surface area (Å²) in [6, 6.07) is 6.07. The summed E-state index contributed by atoms with van der Waals surface area (Å²) in [5.41, 5.74) is 1.29. The molecule has 2 nitrogen and oxygen atoms in total. The van der Waals surface area contributed by atoms with Crippen LogP contribution in [0.3, 0.4) is 0 Å². The minimum Gasteiger partial charge on any atom is -0.495 e. The van der Waals surface area contributed by atoms with Gasteiger partial charge in [-0.15, -0.1) is 0 Å². The highest BCUT2D eigenvalue weighted by Crippen LogP contribution is 2.26. The molecule has 1 aromatic carbocycles. The van der Waals surface area contributed by atoms with Gasteiger partial charge in [-0.2, -0.15) is 0 Å². The number of nitrogens with one attached hydrogen (secondary N) is 1. The van der Waals surface area contributed by atoms with Crippen molar-refractivity contribution in [2.45, 2.75) is 39.5 Å². The molecule has 19 heavy (non-hydrogen) atoms. The number of halogens is 1. The smallest absolute Gasteiger partial charge is 0.137 e. The van der Waals surface area contributed by atoms with E-state index in [-0.39, 0.29) is 0 Å². The first kappa shape index (κ1) is 16.3. The molecular formula is C16H26ClNO. The van der Waals surface area contributed by atoms with Crippen LogP contribution in [0.1, 0.15) is 38.7 Å². The molecular weight excluding hydrogens is 258 g/mol. The highest BCUT2D eigenvalue weighted by atomic mass is 35.5. The van der Waals surface area contributed by atoms with Crippen molar-refractivity contribution in [1.29, 1.82) is 0 Å². The van der Waals surface area contributed by atoms with Crippen LogP contribution in [0.25, 0.3) is 0 Å². The first-order chi connectivity index (χ1) is 9.17. The predicted octanol–water partition coefficient (Wildman–Crippen LogP) is 4.31. The van der Waals surface area contributed by atoms with Gasteiger partial charge in [0.15, 0.2) is 0 Å². The Labute approximate surface area is 122 Å². The number of aryl methyl sites for hydroxylation is 1. The maximum absolute atomic E-state index is 6.13. The second kappa shape index (κ2) is 9.22. The topological polar surface area (TPSA) is 21.3 Å². The highest BCUT2D eigenvalue weighted by molar-refractivity contribution is 6.32. The van der Waals surface area contributed by atoms with E-state index in [4.69, 9.17) is 16.3 Å². The van der Waals surface area contributed by atoms with E-state index in [2.05, 4.69) is 25.2 Å². The quantitative estimate of drug-likeness (QED) is 0.682. The molecule has 0 aliphatic heterocycles. The third-order valence-corrected chi connectivity index (χ3v) is 3.68. The minimum absolute atomic E-state index is 0.706. The lowest BCUT2D eigenvalue weighted by molar-refractivity contribution is 0.414. The average molecular weight is 284 g/mol. The van der Waals surface area contributed by atoms with Gasteiger partial charge in [-0.3, -0.25) is 0 Å². The number of methoxy groups -OCH3 is 1. The second-order valence-electron chi connectivity index (χ2n) is 5.15. The van der Waals surface area contributed by atoms with Crippen LogP contribution in [-0.2, 0) is 6.42 Å². The van der Waals surface area contributed by atoms with Crippen molar-refractivity contribution >= 4 is 11.6 Å². The van der Waals surface area contributed by atoms with E-state index in [9.17, 15) is 0 Å². The van der Waals surface area contributed by atoms with Gasteiger partial charge in [0, 0.05) is 0 Å². The lowest BCUT2D eigenvalue weighted by Gasteiger charge is -2.12. The fraction of sp³-hybridized carbons (Fsp3) is 0.625.